The van der Waals surface area contributed by atoms with Gasteiger partial charge in [-0.05, 0) is 13.8 Å². The molecule has 1 aromatic heterocycles. The van der Waals surface area contributed by atoms with E-state index in [2.05, 4.69) is 9.97 Å². The fraction of sp³-hybridized carbons (Fsp3) is 0.500. The Labute approximate surface area is 92.9 Å². The van der Waals surface area contributed by atoms with Crippen LogP contribution in [-0.4, -0.2) is 23.6 Å². The molecule has 0 spiro atoms. The first-order valence-corrected chi connectivity index (χ1v) is 6.05. The van der Waals surface area contributed by atoms with Gasteiger partial charge in [-0.2, -0.15) is 0 Å². The van der Waals surface area contributed by atoms with Crippen molar-refractivity contribution in [3.8, 4) is 0 Å². The molecular weight excluding hydrogens is 235 g/mol. The van der Waals surface area contributed by atoms with Crippen LogP contribution in [0.15, 0.2) is 12.4 Å². The largest absolute Gasteiger partial charge is 0.318 e. The summed E-state index contributed by atoms with van der Waals surface area (Å²) in [6.45, 7) is 2.78. The average molecular weight is 248 g/mol. The van der Waals surface area contributed by atoms with Crippen LogP contribution < -0.4 is 10.9 Å². The van der Waals surface area contributed by atoms with Gasteiger partial charge in [-0.3, -0.25) is 0 Å². The molecule has 16 heavy (non-hydrogen) atoms. The van der Waals surface area contributed by atoms with Crippen LogP contribution in [0.1, 0.15) is 19.7 Å². The van der Waals surface area contributed by atoms with Gasteiger partial charge in [0.15, 0.2) is 5.82 Å². The molecule has 90 valence electrons. The maximum absolute atomic E-state index is 12.6. The van der Waals surface area contributed by atoms with Crippen LogP contribution in [0.3, 0.4) is 0 Å². The summed E-state index contributed by atoms with van der Waals surface area (Å²) in [5.41, 5.74) is 4.44. The Bertz CT molecular complexity index is 471. The zero-order chi connectivity index (χ0) is 12.6. The summed E-state index contributed by atoms with van der Waals surface area (Å²) in [6.07, 6.45) is 1.84. The lowest BCUT2D eigenvalue weighted by molar-refractivity contribution is 0.432. The monoisotopic (exact) mass is 248 g/mol. The highest BCUT2D eigenvalue weighted by molar-refractivity contribution is 7.89. The van der Waals surface area contributed by atoms with Crippen molar-refractivity contribution in [3.63, 3.8) is 0 Å². The molecule has 0 amide bonds. The molecule has 8 heteroatoms. The van der Waals surface area contributed by atoms with Gasteiger partial charge in [0.1, 0.15) is 5.82 Å². The summed E-state index contributed by atoms with van der Waals surface area (Å²) in [7, 11) is -3.82. The highest BCUT2D eigenvalue weighted by Crippen LogP contribution is 2.21. The smallest absolute Gasteiger partial charge is 0.213 e. The number of nitrogens with two attached hydrogens (primary N) is 2. The Kier molecular flexibility index (Phi) is 3.27. The van der Waals surface area contributed by atoms with E-state index in [1.54, 1.807) is 0 Å². The fourth-order valence-corrected chi connectivity index (χ4v) is 1.90. The second-order valence-electron chi connectivity index (χ2n) is 3.74. The van der Waals surface area contributed by atoms with E-state index in [0.29, 0.717) is 0 Å². The van der Waals surface area contributed by atoms with Crippen molar-refractivity contribution in [3.05, 3.63) is 24.0 Å². The first kappa shape index (κ1) is 12.9. The number of halogens is 1. The normalized spacial score (nSPS) is 17.8. The minimum absolute atomic E-state index is 0.0235. The van der Waals surface area contributed by atoms with Gasteiger partial charge in [0.2, 0.25) is 10.0 Å². The van der Waals surface area contributed by atoms with E-state index < -0.39 is 26.6 Å². The van der Waals surface area contributed by atoms with E-state index in [4.69, 9.17) is 10.9 Å². The van der Waals surface area contributed by atoms with Crippen LogP contribution in [0.5, 0.6) is 0 Å². The second kappa shape index (κ2) is 4.04. The molecule has 0 aliphatic heterocycles. The van der Waals surface area contributed by atoms with Crippen LogP contribution in [0.25, 0.3) is 0 Å². The van der Waals surface area contributed by atoms with Gasteiger partial charge in [0.05, 0.1) is 23.2 Å². The van der Waals surface area contributed by atoms with Crippen LogP contribution in [0.2, 0.25) is 0 Å². The number of sulfonamides is 1. The number of hydrogen-bond donors (Lipinski definition) is 2. The summed E-state index contributed by atoms with van der Waals surface area (Å²) < 4.78 is 35.0. The molecule has 0 radical (unpaired) electrons. The van der Waals surface area contributed by atoms with Crippen molar-refractivity contribution in [1.29, 1.82) is 0 Å². The van der Waals surface area contributed by atoms with Crippen molar-refractivity contribution >= 4 is 10.0 Å². The molecule has 0 aromatic carbocycles. The molecule has 0 fully saturated rings. The molecule has 0 saturated carbocycles. The van der Waals surface area contributed by atoms with Crippen molar-refractivity contribution in [2.75, 3.05) is 0 Å². The third kappa shape index (κ3) is 2.52. The van der Waals surface area contributed by atoms with E-state index in [0.717, 1.165) is 12.4 Å². The molecule has 1 unspecified atom stereocenters. The zero-order valence-electron chi connectivity index (χ0n) is 8.88. The third-order valence-corrected chi connectivity index (χ3v) is 3.91. The van der Waals surface area contributed by atoms with Crippen molar-refractivity contribution in [2.24, 2.45) is 10.9 Å². The Hall–Kier alpha value is -1.12. The number of hydrogen-bond acceptors (Lipinski definition) is 5. The van der Waals surface area contributed by atoms with Crippen LogP contribution in [0, 0.1) is 5.82 Å². The molecule has 0 aliphatic carbocycles. The molecule has 0 saturated heterocycles. The SMILES string of the molecule is C[C@@H](C(C)(N)c1ncc(F)cn1)S(N)(=O)=O. The summed E-state index contributed by atoms with van der Waals surface area (Å²) in [6, 6.07) is 0. The zero-order valence-corrected chi connectivity index (χ0v) is 9.70. The number of nitrogens with zero attached hydrogens (tertiary/aromatic N) is 2. The third-order valence-electron chi connectivity index (χ3n) is 2.44. The maximum atomic E-state index is 12.6. The van der Waals surface area contributed by atoms with Gasteiger partial charge < -0.3 is 5.73 Å². The van der Waals surface area contributed by atoms with Crippen molar-refractivity contribution < 1.29 is 12.8 Å². The quantitative estimate of drug-likeness (QED) is 0.746. The minimum Gasteiger partial charge on any atom is -0.318 e. The van der Waals surface area contributed by atoms with Gasteiger partial charge in [0, 0.05) is 0 Å². The van der Waals surface area contributed by atoms with E-state index in [1.165, 1.54) is 13.8 Å². The fourth-order valence-electron chi connectivity index (χ4n) is 1.11. The van der Waals surface area contributed by atoms with E-state index >= 15 is 0 Å². The van der Waals surface area contributed by atoms with Gasteiger partial charge in [-0.1, -0.05) is 0 Å². The topological polar surface area (TPSA) is 112 Å². The first-order chi connectivity index (χ1) is 7.15. The number of primary sulfonamides is 1. The molecule has 0 bridgehead atoms. The summed E-state index contributed by atoms with van der Waals surface area (Å²) in [5.74, 6) is -0.599. The minimum atomic E-state index is -3.82. The average Bonchev–Trinajstić information content (AvgIpc) is 2.16. The second-order valence-corrected chi connectivity index (χ2v) is 5.62. The van der Waals surface area contributed by atoms with E-state index in [9.17, 15) is 12.8 Å². The standard InChI is InChI=1S/C8H13FN4O2S/c1-5(16(11,14)15)8(2,10)7-12-3-6(9)4-13-7/h3-5H,10H2,1-2H3,(H2,11,14,15)/t5-,8?/m0/s1. The molecule has 1 rings (SSSR count). The van der Waals surface area contributed by atoms with Gasteiger partial charge in [-0.15, -0.1) is 0 Å². The van der Waals surface area contributed by atoms with Crippen LogP contribution >= 0.6 is 0 Å². The summed E-state index contributed by atoms with van der Waals surface area (Å²) in [4.78, 5) is 7.31. The van der Waals surface area contributed by atoms with E-state index in [-0.39, 0.29) is 5.82 Å². The predicted molar refractivity (Wildman–Crippen MR) is 56.1 cm³/mol. The lowest BCUT2D eigenvalue weighted by Gasteiger charge is -2.27. The lowest BCUT2D eigenvalue weighted by atomic mass is 9.99. The highest BCUT2D eigenvalue weighted by Gasteiger charge is 2.38. The maximum Gasteiger partial charge on any atom is 0.213 e. The van der Waals surface area contributed by atoms with Gasteiger partial charge >= 0.3 is 0 Å². The molecule has 6 nitrogen and oxygen atoms in total. The molecule has 0 aliphatic rings. The molecule has 4 N–H and O–H groups in total. The van der Waals surface area contributed by atoms with Gasteiger partial charge in [0.25, 0.3) is 0 Å². The van der Waals surface area contributed by atoms with Gasteiger partial charge in [-0.25, -0.2) is 27.9 Å². The molecule has 1 heterocycles. The molecule has 1 aromatic rings. The first-order valence-electron chi connectivity index (χ1n) is 4.44. The Morgan fingerprint density at radius 1 is 1.44 bits per heavy atom. The predicted octanol–water partition coefficient (Wildman–Crippen LogP) is -0.533. The Morgan fingerprint density at radius 2 is 1.88 bits per heavy atom. The molecular formula is C8H13FN4O2S. The lowest BCUT2D eigenvalue weighted by Crippen LogP contribution is -2.50. The van der Waals surface area contributed by atoms with Crippen molar-refractivity contribution in [2.45, 2.75) is 24.6 Å². The Balaban J connectivity index is 3.16. The molecule has 2 atom stereocenters. The van der Waals surface area contributed by atoms with E-state index in [1.807, 2.05) is 0 Å². The highest BCUT2D eigenvalue weighted by atomic mass is 32.2. The summed E-state index contributed by atoms with van der Waals surface area (Å²) >= 11 is 0. The van der Waals surface area contributed by atoms with Crippen LogP contribution in [-0.2, 0) is 15.6 Å². The van der Waals surface area contributed by atoms with Crippen LogP contribution in [0.4, 0.5) is 4.39 Å². The Morgan fingerprint density at radius 3 is 2.25 bits per heavy atom. The summed E-state index contributed by atoms with van der Waals surface area (Å²) in [5, 5.41) is 3.92. The number of aromatic nitrogens is 2. The van der Waals surface area contributed by atoms with Crippen molar-refractivity contribution in [1.82, 2.24) is 9.97 Å². The number of rotatable bonds is 3.